The summed E-state index contributed by atoms with van der Waals surface area (Å²) in [6.45, 7) is 2.13. The number of carbonyl (C=O) groups excluding carboxylic acids is 1. The van der Waals surface area contributed by atoms with Gasteiger partial charge >= 0.3 is 0 Å². The molecule has 0 saturated carbocycles. The number of carbonyl (C=O) groups is 1. The van der Waals surface area contributed by atoms with E-state index in [0.717, 1.165) is 5.56 Å². The van der Waals surface area contributed by atoms with Crippen LogP contribution in [0.2, 0.25) is 0 Å². The molecule has 5 nitrogen and oxygen atoms in total. The number of amides is 1. The number of halogens is 1. The lowest BCUT2D eigenvalue weighted by Gasteiger charge is -2.24. The number of benzene rings is 1. The van der Waals surface area contributed by atoms with Crippen LogP contribution in [0.4, 0.5) is 4.39 Å². The zero-order valence-corrected chi connectivity index (χ0v) is 12.2. The van der Waals surface area contributed by atoms with Gasteiger partial charge in [-0.25, -0.2) is 4.39 Å². The van der Waals surface area contributed by atoms with E-state index in [0.29, 0.717) is 24.2 Å². The number of aliphatic hydroxyl groups excluding tert-OH is 1. The molecular formula is C16H17FN2O3. The number of hydrogen-bond acceptors (Lipinski definition) is 4. The molecule has 0 radical (unpaired) electrons. The largest absolute Gasteiger partial charge is 0.391 e. The Morgan fingerprint density at radius 2 is 2.18 bits per heavy atom. The molecule has 1 aromatic carbocycles. The summed E-state index contributed by atoms with van der Waals surface area (Å²) in [5.74, 6) is -0.0132. The van der Waals surface area contributed by atoms with Crippen molar-refractivity contribution in [2.24, 2.45) is 0 Å². The third-order valence-electron chi connectivity index (χ3n) is 3.99. The van der Waals surface area contributed by atoms with Crippen molar-refractivity contribution in [1.29, 1.82) is 0 Å². The second-order valence-electron chi connectivity index (χ2n) is 5.43. The number of nitrogens with zero attached hydrogens (tertiary/aromatic N) is 2. The molecule has 1 amide bonds. The van der Waals surface area contributed by atoms with Crippen LogP contribution < -0.4 is 0 Å². The summed E-state index contributed by atoms with van der Waals surface area (Å²) in [6, 6.07) is 5.74. The van der Waals surface area contributed by atoms with Gasteiger partial charge in [0.05, 0.1) is 18.3 Å². The maximum Gasteiger partial charge on any atom is 0.259 e. The maximum absolute atomic E-state index is 13.1. The second-order valence-corrected chi connectivity index (χ2v) is 5.43. The highest BCUT2D eigenvalue weighted by atomic mass is 19.1. The van der Waals surface area contributed by atoms with Crippen LogP contribution in [0.15, 0.2) is 35.0 Å². The summed E-state index contributed by atoms with van der Waals surface area (Å²) in [4.78, 5) is 14.3. The number of aryl methyl sites for hydroxylation is 1. The normalized spacial score (nSPS) is 21.3. The summed E-state index contributed by atoms with van der Waals surface area (Å²) >= 11 is 0. The number of likely N-dealkylation sites (tertiary alicyclic amines) is 1. The van der Waals surface area contributed by atoms with E-state index in [9.17, 15) is 14.3 Å². The number of hydrogen-bond donors (Lipinski definition) is 1. The smallest absolute Gasteiger partial charge is 0.259 e. The molecular weight excluding hydrogens is 287 g/mol. The van der Waals surface area contributed by atoms with Gasteiger partial charge in [-0.05, 0) is 24.1 Å². The molecule has 1 N–H and O–H groups in total. The third-order valence-corrected chi connectivity index (χ3v) is 3.99. The lowest BCUT2D eigenvalue weighted by molar-refractivity contribution is 0.0713. The molecule has 0 bridgehead atoms. The first-order valence-electron chi connectivity index (χ1n) is 7.28. The summed E-state index contributed by atoms with van der Waals surface area (Å²) in [5, 5.41) is 13.6. The lowest BCUT2D eigenvalue weighted by atomic mass is 10.0. The van der Waals surface area contributed by atoms with Crippen LogP contribution in [0.1, 0.15) is 41.1 Å². The van der Waals surface area contributed by atoms with Crippen molar-refractivity contribution in [1.82, 2.24) is 10.1 Å². The fraction of sp³-hybridized carbons (Fsp3) is 0.375. The summed E-state index contributed by atoms with van der Waals surface area (Å²) < 4.78 is 18.1. The zero-order valence-electron chi connectivity index (χ0n) is 12.2. The molecule has 2 heterocycles. The highest BCUT2D eigenvalue weighted by molar-refractivity contribution is 5.95. The molecule has 6 heteroatoms. The quantitative estimate of drug-likeness (QED) is 0.945. The van der Waals surface area contributed by atoms with Gasteiger partial charge in [0.2, 0.25) is 0 Å². The van der Waals surface area contributed by atoms with E-state index in [1.165, 1.54) is 18.3 Å². The van der Waals surface area contributed by atoms with E-state index < -0.39 is 6.10 Å². The standard InChI is InChI=1S/C16H17FN2O3/c1-2-15-13(8-18-22-15)16(21)19-9-12(20)7-14(19)10-3-5-11(17)6-4-10/h3-6,8,12,14,20H,2,7,9H2,1H3/t12-,14+/m0/s1. The van der Waals surface area contributed by atoms with Crippen LogP contribution >= 0.6 is 0 Å². The van der Waals surface area contributed by atoms with Crippen LogP contribution in [0.25, 0.3) is 0 Å². The van der Waals surface area contributed by atoms with Crippen molar-refractivity contribution >= 4 is 5.91 Å². The van der Waals surface area contributed by atoms with Crippen molar-refractivity contribution < 1.29 is 18.8 Å². The minimum atomic E-state index is -0.594. The topological polar surface area (TPSA) is 66.6 Å². The highest BCUT2D eigenvalue weighted by Gasteiger charge is 2.37. The van der Waals surface area contributed by atoms with Gasteiger partial charge in [0, 0.05) is 13.0 Å². The van der Waals surface area contributed by atoms with Gasteiger partial charge < -0.3 is 14.5 Å². The van der Waals surface area contributed by atoms with Crippen molar-refractivity contribution in [2.75, 3.05) is 6.54 Å². The Bertz CT molecular complexity index is 668. The van der Waals surface area contributed by atoms with Crippen LogP contribution in [-0.2, 0) is 6.42 Å². The monoisotopic (exact) mass is 304 g/mol. The van der Waals surface area contributed by atoms with Crippen LogP contribution in [-0.4, -0.2) is 33.7 Å². The number of rotatable bonds is 3. The summed E-state index contributed by atoms with van der Waals surface area (Å²) in [5.41, 5.74) is 1.23. The molecule has 2 aromatic rings. The predicted molar refractivity (Wildman–Crippen MR) is 76.7 cm³/mol. The van der Waals surface area contributed by atoms with Gasteiger partial charge in [0.1, 0.15) is 17.1 Å². The average Bonchev–Trinajstić information content (AvgIpc) is 3.13. The van der Waals surface area contributed by atoms with E-state index in [1.54, 1.807) is 17.0 Å². The third kappa shape index (κ3) is 2.62. The Hall–Kier alpha value is -2.21. The number of β-amino-alcohol motifs (C(OH)–C–C–N with tert-alkyl or cyclic N) is 1. The Kier molecular flexibility index (Phi) is 3.94. The first-order chi connectivity index (χ1) is 10.6. The molecule has 1 saturated heterocycles. The van der Waals surface area contributed by atoms with E-state index >= 15 is 0 Å². The Morgan fingerprint density at radius 3 is 2.86 bits per heavy atom. The predicted octanol–water partition coefficient (Wildman–Crippen LogP) is 2.32. The molecule has 3 rings (SSSR count). The van der Waals surface area contributed by atoms with Gasteiger partial charge in [-0.3, -0.25) is 4.79 Å². The van der Waals surface area contributed by atoms with Crippen molar-refractivity contribution in [3.63, 3.8) is 0 Å². The van der Waals surface area contributed by atoms with Crippen LogP contribution in [0.5, 0.6) is 0 Å². The Balaban J connectivity index is 1.90. The summed E-state index contributed by atoms with van der Waals surface area (Å²) in [6.07, 6.45) is 1.82. The van der Waals surface area contributed by atoms with E-state index in [1.807, 2.05) is 6.92 Å². The Morgan fingerprint density at radius 1 is 1.45 bits per heavy atom. The second kappa shape index (κ2) is 5.88. The van der Waals surface area contributed by atoms with E-state index in [4.69, 9.17) is 4.52 Å². The van der Waals surface area contributed by atoms with Crippen molar-refractivity contribution in [3.05, 3.63) is 53.2 Å². The number of aliphatic hydroxyl groups is 1. The number of aromatic nitrogens is 1. The van der Waals surface area contributed by atoms with Gasteiger partial charge in [-0.1, -0.05) is 24.2 Å². The zero-order chi connectivity index (χ0) is 15.7. The van der Waals surface area contributed by atoms with Gasteiger partial charge in [0.25, 0.3) is 5.91 Å². The minimum absolute atomic E-state index is 0.219. The molecule has 1 fully saturated rings. The van der Waals surface area contributed by atoms with Gasteiger partial charge in [0.15, 0.2) is 0 Å². The molecule has 116 valence electrons. The lowest BCUT2D eigenvalue weighted by Crippen LogP contribution is -2.32. The molecule has 1 aromatic heterocycles. The SMILES string of the molecule is CCc1oncc1C(=O)N1C[C@@H](O)C[C@@H]1c1ccc(F)cc1. The van der Waals surface area contributed by atoms with Crippen LogP contribution in [0.3, 0.4) is 0 Å². The minimum Gasteiger partial charge on any atom is -0.391 e. The summed E-state index contributed by atoms with van der Waals surface area (Å²) in [7, 11) is 0. The first kappa shape index (κ1) is 14.7. The molecule has 1 aliphatic heterocycles. The maximum atomic E-state index is 13.1. The van der Waals surface area contributed by atoms with Gasteiger partial charge in [-0.15, -0.1) is 0 Å². The molecule has 0 unspecified atom stereocenters. The highest BCUT2D eigenvalue weighted by Crippen LogP contribution is 2.34. The fourth-order valence-electron chi connectivity index (χ4n) is 2.89. The van der Waals surface area contributed by atoms with E-state index in [-0.39, 0.29) is 24.3 Å². The van der Waals surface area contributed by atoms with E-state index in [2.05, 4.69) is 5.16 Å². The molecule has 2 atom stereocenters. The van der Waals surface area contributed by atoms with Gasteiger partial charge in [-0.2, -0.15) is 0 Å². The van der Waals surface area contributed by atoms with Crippen molar-refractivity contribution in [2.45, 2.75) is 31.9 Å². The van der Waals surface area contributed by atoms with Crippen molar-refractivity contribution in [3.8, 4) is 0 Å². The Labute approximate surface area is 127 Å². The first-order valence-corrected chi connectivity index (χ1v) is 7.28. The van der Waals surface area contributed by atoms with Crippen LogP contribution in [0, 0.1) is 5.82 Å². The molecule has 0 aliphatic carbocycles. The fourth-order valence-corrected chi connectivity index (χ4v) is 2.89. The molecule has 0 spiro atoms. The average molecular weight is 304 g/mol. The molecule has 1 aliphatic rings. The molecule has 22 heavy (non-hydrogen) atoms.